The molecule has 44 heavy (non-hydrogen) atoms. The van der Waals surface area contributed by atoms with Crippen molar-refractivity contribution in [3.05, 3.63) is 70.8 Å². The number of halogens is 6. The first-order chi connectivity index (χ1) is 20.3. The van der Waals surface area contributed by atoms with Gasteiger partial charge in [-0.1, -0.05) is 30.3 Å². The molecule has 0 aliphatic carbocycles. The first kappa shape index (κ1) is 33.7. The van der Waals surface area contributed by atoms with E-state index in [1.54, 1.807) is 30.3 Å². The van der Waals surface area contributed by atoms with Crippen molar-refractivity contribution < 1.29 is 64.3 Å². The van der Waals surface area contributed by atoms with Crippen molar-refractivity contribution in [1.82, 2.24) is 10.2 Å². The van der Waals surface area contributed by atoms with Crippen LogP contribution in [0.1, 0.15) is 61.0 Å². The van der Waals surface area contributed by atoms with Gasteiger partial charge in [0.05, 0.1) is 34.9 Å². The largest absolute Gasteiger partial charge is 0.472 e. The topological polar surface area (TPSA) is 135 Å². The Kier molecular flexibility index (Phi) is 9.44. The zero-order valence-corrected chi connectivity index (χ0v) is 24.0. The van der Waals surface area contributed by atoms with Crippen LogP contribution in [0.15, 0.2) is 48.5 Å². The zero-order valence-electron chi connectivity index (χ0n) is 23.2. The highest BCUT2D eigenvalue weighted by molar-refractivity contribution is 7.46. The highest BCUT2D eigenvalue weighted by Gasteiger charge is 2.54. The van der Waals surface area contributed by atoms with Crippen molar-refractivity contribution in [3.63, 3.8) is 0 Å². The number of piperidine rings is 1. The summed E-state index contributed by atoms with van der Waals surface area (Å²) >= 11 is 0. The smallest absolute Gasteiger partial charge is 0.422 e. The second-order valence-electron chi connectivity index (χ2n) is 10.8. The fraction of sp³-hybridized carbons (Fsp3) is 0.481. The minimum atomic E-state index is -5.07. The Morgan fingerprint density at radius 1 is 1.02 bits per heavy atom. The lowest BCUT2D eigenvalue weighted by molar-refractivity contribution is -0.143. The molecule has 2 amide bonds. The maximum Gasteiger partial charge on any atom is 0.472 e. The van der Waals surface area contributed by atoms with Crippen LogP contribution in [0.4, 0.5) is 31.1 Å². The number of carbonyl (C=O) groups is 2. The number of rotatable bonds is 8. The van der Waals surface area contributed by atoms with Crippen molar-refractivity contribution in [1.29, 1.82) is 0 Å². The van der Waals surface area contributed by atoms with Crippen LogP contribution in [0.3, 0.4) is 0 Å². The molecule has 242 valence electrons. The third-order valence-electron chi connectivity index (χ3n) is 7.82. The Morgan fingerprint density at radius 3 is 2.16 bits per heavy atom. The molecule has 2 aromatic rings. The first-order valence-electron chi connectivity index (χ1n) is 13.3. The second-order valence-corrected chi connectivity index (χ2v) is 12.0. The summed E-state index contributed by atoms with van der Waals surface area (Å²) in [7, 11) is -5.02. The van der Waals surface area contributed by atoms with E-state index in [-0.39, 0.29) is 31.4 Å². The van der Waals surface area contributed by atoms with Gasteiger partial charge in [-0.2, -0.15) is 26.3 Å². The van der Waals surface area contributed by atoms with Crippen molar-refractivity contribution >= 4 is 19.8 Å². The average Bonchev–Trinajstić information content (AvgIpc) is 3.30. The van der Waals surface area contributed by atoms with E-state index in [0.717, 1.165) is 0 Å². The molecule has 2 heterocycles. The Bertz CT molecular complexity index is 1390. The summed E-state index contributed by atoms with van der Waals surface area (Å²) in [4.78, 5) is 44.8. The third kappa shape index (κ3) is 7.72. The summed E-state index contributed by atoms with van der Waals surface area (Å²) in [6.45, 7) is -0.450. The molecule has 2 fully saturated rings. The van der Waals surface area contributed by atoms with Crippen molar-refractivity contribution in [2.75, 3.05) is 19.9 Å². The number of nitrogens with zero attached hydrogens (tertiary/aromatic N) is 1. The maximum absolute atomic E-state index is 13.5. The molecule has 0 bridgehead atoms. The van der Waals surface area contributed by atoms with Crippen molar-refractivity contribution in [2.45, 2.75) is 62.1 Å². The van der Waals surface area contributed by atoms with Gasteiger partial charge in [0.2, 0.25) is 12.7 Å². The second kappa shape index (κ2) is 12.3. The number of hydrogen-bond donors (Lipinski definition) is 3. The van der Waals surface area contributed by atoms with Crippen LogP contribution in [0.5, 0.6) is 0 Å². The van der Waals surface area contributed by atoms with Crippen LogP contribution in [-0.2, 0) is 41.2 Å². The van der Waals surface area contributed by atoms with Gasteiger partial charge in [-0.25, -0.2) is 13.9 Å². The molecular formula is C27H29F6N2O8P. The lowest BCUT2D eigenvalue weighted by Gasteiger charge is -2.52. The van der Waals surface area contributed by atoms with E-state index >= 15 is 0 Å². The summed E-state index contributed by atoms with van der Waals surface area (Å²) in [6, 6.07) is 9.37. The molecule has 4 rings (SSSR count). The normalized spacial score (nSPS) is 23.5. The van der Waals surface area contributed by atoms with E-state index in [1.165, 1.54) is 11.8 Å². The van der Waals surface area contributed by atoms with Gasteiger partial charge in [-0.3, -0.25) is 9.69 Å². The summed E-state index contributed by atoms with van der Waals surface area (Å²) in [6.07, 6.45) is -11.6. The molecule has 2 aliphatic heterocycles. The summed E-state index contributed by atoms with van der Waals surface area (Å²) in [5, 5.41) is 2.86. The number of alkyl halides is 6. The monoisotopic (exact) mass is 654 g/mol. The lowest BCUT2D eigenvalue weighted by Crippen LogP contribution is -2.65. The quantitative estimate of drug-likeness (QED) is 0.189. The molecule has 17 heteroatoms. The molecule has 2 aliphatic rings. The molecule has 10 nitrogen and oxygen atoms in total. The number of likely N-dealkylation sites (tertiary alicyclic amines) is 1. The van der Waals surface area contributed by atoms with Crippen LogP contribution in [0.25, 0.3) is 0 Å². The van der Waals surface area contributed by atoms with Crippen molar-refractivity contribution in [2.24, 2.45) is 0 Å². The summed E-state index contributed by atoms with van der Waals surface area (Å²) in [5.74, 6) is -0.259. The van der Waals surface area contributed by atoms with Gasteiger partial charge in [0.1, 0.15) is 0 Å². The van der Waals surface area contributed by atoms with E-state index in [0.29, 0.717) is 30.5 Å². The highest BCUT2D eigenvalue weighted by Crippen LogP contribution is 2.46. The molecule has 0 unspecified atom stereocenters. The number of carbonyl (C=O) groups excluding carboxylic acids is 2. The molecule has 1 spiro atoms. The Morgan fingerprint density at radius 2 is 1.64 bits per heavy atom. The number of hydrogen-bond acceptors (Lipinski definition) is 6. The maximum atomic E-state index is 13.5. The Hall–Kier alpha value is -3.17. The van der Waals surface area contributed by atoms with Gasteiger partial charge in [-0.15, -0.1) is 0 Å². The number of nitrogens with one attached hydrogen (secondary N) is 1. The van der Waals surface area contributed by atoms with Gasteiger partial charge in [-0.05, 0) is 55.5 Å². The number of phosphoric ester groups is 1. The van der Waals surface area contributed by atoms with Crippen LogP contribution in [-0.4, -0.2) is 52.2 Å². The average molecular weight is 654 g/mol. The Labute approximate surface area is 247 Å². The lowest BCUT2D eigenvalue weighted by atomic mass is 9.74. The number of ether oxygens (including phenoxy) is 2. The van der Waals surface area contributed by atoms with Gasteiger partial charge >= 0.3 is 26.3 Å². The van der Waals surface area contributed by atoms with Gasteiger partial charge in [0.25, 0.3) is 0 Å². The molecule has 2 saturated heterocycles. The predicted molar refractivity (Wildman–Crippen MR) is 139 cm³/mol. The van der Waals surface area contributed by atoms with E-state index in [4.69, 9.17) is 19.3 Å². The van der Waals surface area contributed by atoms with Crippen molar-refractivity contribution in [3.8, 4) is 0 Å². The Balaban J connectivity index is 1.71. The fourth-order valence-corrected chi connectivity index (χ4v) is 5.70. The van der Waals surface area contributed by atoms with Gasteiger partial charge in [0, 0.05) is 13.0 Å². The molecule has 3 N–H and O–H groups in total. The molecule has 0 saturated carbocycles. The van der Waals surface area contributed by atoms with E-state index in [2.05, 4.69) is 9.84 Å². The van der Waals surface area contributed by atoms with Crippen LogP contribution >= 0.6 is 7.82 Å². The van der Waals surface area contributed by atoms with Gasteiger partial charge in [0.15, 0.2) is 0 Å². The first-order valence-corrected chi connectivity index (χ1v) is 14.8. The summed E-state index contributed by atoms with van der Waals surface area (Å²) < 4.78 is 107. The van der Waals surface area contributed by atoms with E-state index in [9.17, 15) is 40.5 Å². The molecular weight excluding hydrogens is 625 g/mol. The minimum absolute atomic E-state index is 0.00952. The minimum Gasteiger partial charge on any atom is -0.422 e. The SMILES string of the molecule is C[C@@H](OC[C@@]1(c2ccccc2)CC[C@]2(CCC(=O)N2)CN1C(=O)OCOP(=O)(O)O)c1cc(C(F)(F)F)cc(C(F)(F)F)c1. The number of phosphoric acid groups is 1. The van der Waals surface area contributed by atoms with Crippen LogP contribution in [0.2, 0.25) is 0 Å². The van der Waals surface area contributed by atoms with E-state index < -0.39 is 73.5 Å². The highest BCUT2D eigenvalue weighted by atomic mass is 31.2. The van der Waals surface area contributed by atoms with Gasteiger partial charge < -0.3 is 24.6 Å². The molecule has 2 aromatic carbocycles. The van der Waals surface area contributed by atoms with E-state index in [1.807, 2.05) is 0 Å². The number of amides is 2. The molecule has 3 atom stereocenters. The molecule has 0 aromatic heterocycles. The predicted octanol–water partition coefficient (Wildman–Crippen LogP) is 5.65. The van der Waals surface area contributed by atoms with Crippen LogP contribution in [0, 0.1) is 0 Å². The molecule has 0 radical (unpaired) electrons. The zero-order chi connectivity index (χ0) is 32.6. The third-order valence-corrected chi connectivity index (χ3v) is 8.26. The fourth-order valence-electron chi connectivity index (χ4n) is 5.51. The number of benzene rings is 2. The van der Waals surface area contributed by atoms with Crippen LogP contribution < -0.4 is 5.32 Å². The standard InChI is InChI=1S/C27H29F6N2O8P/c1-17(18-11-20(26(28,29)30)13-21(12-18)27(31,32)33)41-15-25(19-5-3-2-4-6-19)10-9-24(8-7-22(36)34-24)14-35(25)23(37)42-16-43-44(38,39)40/h2-6,11-13,17H,7-10,14-16H2,1H3,(H,34,36)(H2,38,39,40)/t17-,24-,25-/m1/s1. The summed E-state index contributed by atoms with van der Waals surface area (Å²) in [5.41, 5.74) is -5.27.